The molecule has 2 amide bonds. The number of quaternary nitrogens is 1. The first kappa shape index (κ1) is 17.7. The van der Waals surface area contributed by atoms with Crippen LogP contribution in [0.2, 0.25) is 10.0 Å². The summed E-state index contributed by atoms with van der Waals surface area (Å²) in [4.78, 5) is 27.1. The third-order valence-corrected chi connectivity index (χ3v) is 7.13. The van der Waals surface area contributed by atoms with E-state index in [2.05, 4.69) is 0 Å². The Kier molecular flexibility index (Phi) is 4.63. The van der Waals surface area contributed by atoms with Crippen molar-refractivity contribution in [3.05, 3.63) is 33.3 Å². The number of hydrogen-bond donors (Lipinski definition) is 1. The third-order valence-electron chi connectivity index (χ3n) is 4.64. The molecule has 3 rings (SSSR count). The summed E-state index contributed by atoms with van der Waals surface area (Å²) in [7, 11) is -3.02. The summed E-state index contributed by atoms with van der Waals surface area (Å²) in [5.74, 6) is -0.577. The molecule has 2 aliphatic rings. The molecule has 2 heterocycles. The fraction of sp³-hybridized carbons (Fsp3) is 0.467. The molecular weight excluding hydrogens is 375 g/mol. The first-order chi connectivity index (χ1) is 11.2. The number of amides is 2. The summed E-state index contributed by atoms with van der Waals surface area (Å²) in [5, 5.41) is 0.444. The molecule has 1 N–H and O–H groups in total. The first-order valence-corrected chi connectivity index (χ1v) is 10.2. The van der Waals surface area contributed by atoms with Gasteiger partial charge in [-0.05, 0) is 19.1 Å². The fourth-order valence-electron chi connectivity index (χ4n) is 3.28. The molecule has 130 valence electrons. The standard InChI is InChI=1S/C15H16Cl2N2O4S/c1-2-18(9-3-4-24(22,23)7-9)8-19-14(20)10-5-12(16)13(17)6-11(10)15(19)21/h5-6,9H,2-4,7-8H2,1H3/p+1/t9-/m0/s1. The van der Waals surface area contributed by atoms with E-state index in [-0.39, 0.29) is 45.4 Å². The second-order valence-corrected chi connectivity index (χ2v) is 9.16. The summed E-state index contributed by atoms with van der Waals surface area (Å²) in [6.45, 7) is 2.67. The van der Waals surface area contributed by atoms with Gasteiger partial charge in [0.2, 0.25) is 0 Å². The van der Waals surface area contributed by atoms with E-state index in [9.17, 15) is 18.0 Å². The van der Waals surface area contributed by atoms with Crippen LogP contribution in [0.3, 0.4) is 0 Å². The number of carbonyl (C=O) groups excluding carboxylic acids is 2. The van der Waals surface area contributed by atoms with E-state index in [4.69, 9.17) is 23.2 Å². The van der Waals surface area contributed by atoms with Gasteiger partial charge in [-0.25, -0.2) is 13.3 Å². The number of rotatable bonds is 4. The van der Waals surface area contributed by atoms with Crippen LogP contribution in [0, 0.1) is 0 Å². The van der Waals surface area contributed by atoms with E-state index >= 15 is 0 Å². The SMILES string of the molecule is CC[NH+](CN1C(=O)c2cc(Cl)c(Cl)cc2C1=O)[C@H]1CCS(=O)(=O)C1. The predicted octanol–water partition coefficient (Wildman–Crippen LogP) is 0.639. The van der Waals surface area contributed by atoms with Crippen LogP contribution >= 0.6 is 23.2 Å². The van der Waals surface area contributed by atoms with Gasteiger partial charge >= 0.3 is 0 Å². The first-order valence-electron chi connectivity index (χ1n) is 7.63. The summed E-state index contributed by atoms with van der Waals surface area (Å²) >= 11 is 11.9. The van der Waals surface area contributed by atoms with Gasteiger partial charge in [0.1, 0.15) is 11.8 Å². The van der Waals surface area contributed by atoms with E-state index in [1.54, 1.807) is 0 Å². The van der Waals surface area contributed by atoms with E-state index in [0.717, 1.165) is 9.80 Å². The van der Waals surface area contributed by atoms with Crippen molar-refractivity contribution in [1.82, 2.24) is 4.90 Å². The Hall–Kier alpha value is -1.15. The molecule has 6 nitrogen and oxygen atoms in total. The van der Waals surface area contributed by atoms with Crippen LogP contribution in [0.4, 0.5) is 0 Å². The van der Waals surface area contributed by atoms with Crippen LogP contribution in [0.5, 0.6) is 0 Å². The van der Waals surface area contributed by atoms with Gasteiger partial charge in [-0.1, -0.05) is 23.2 Å². The quantitative estimate of drug-likeness (QED) is 0.764. The molecule has 0 bridgehead atoms. The third kappa shape index (κ3) is 3.06. The average molecular weight is 392 g/mol. The Morgan fingerprint density at radius 2 is 1.71 bits per heavy atom. The Bertz CT molecular complexity index is 784. The monoisotopic (exact) mass is 391 g/mol. The van der Waals surface area contributed by atoms with Crippen LogP contribution in [0.25, 0.3) is 0 Å². The number of hydrogen-bond acceptors (Lipinski definition) is 4. The molecule has 9 heteroatoms. The number of halogens is 2. The normalized spacial score (nSPS) is 23.6. The van der Waals surface area contributed by atoms with Gasteiger partial charge in [0.25, 0.3) is 11.8 Å². The number of fused-ring (bicyclic) bond motifs is 1. The lowest BCUT2D eigenvalue weighted by Crippen LogP contribution is -3.17. The van der Waals surface area contributed by atoms with Crippen LogP contribution in [-0.4, -0.2) is 55.9 Å². The van der Waals surface area contributed by atoms with Crippen molar-refractivity contribution in [2.75, 3.05) is 24.7 Å². The van der Waals surface area contributed by atoms with Gasteiger partial charge in [0.05, 0.1) is 33.5 Å². The fourth-order valence-corrected chi connectivity index (χ4v) is 5.43. The van der Waals surface area contributed by atoms with Crippen molar-refractivity contribution in [1.29, 1.82) is 0 Å². The molecule has 0 spiro atoms. The molecule has 1 unspecified atom stereocenters. The lowest BCUT2D eigenvalue weighted by molar-refractivity contribution is -0.927. The average Bonchev–Trinajstić information content (AvgIpc) is 2.98. The van der Waals surface area contributed by atoms with Crippen molar-refractivity contribution >= 4 is 44.9 Å². The molecule has 1 saturated heterocycles. The zero-order valence-corrected chi connectivity index (χ0v) is 15.3. The number of carbonyl (C=O) groups is 2. The van der Waals surface area contributed by atoms with E-state index < -0.39 is 21.7 Å². The molecule has 0 aliphatic carbocycles. The molecule has 1 aromatic carbocycles. The highest BCUT2D eigenvalue weighted by Crippen LogP contribution is 2.31. The minimum atomic E-state index is -3.02. The second-order valence-electron chi connectivity index (χ2n) is 6.12. The maximum absolute atomic E-state index is 12.5. The molecule has 24 heavy (non-hydrogen) atoms. The Labute approximate surface area is 150 Å². The number of imide groups is 1. The Morgan fingerprint density at radius 3 is 2.12 bits per heavy atom. The summed E-state index contributed by atoms with van der Waals surface area (Å²) < 4.78 is 23.4. The maximum Gasteiger partial charge on any atom is 0.266 e. The van der Waals surface area contributed by atoms with Gasteiger partial charge in [-0.2, -0.15) is 0 Å². The molecule has 1 fully saturated rings. The minimum Gasteiger partial charge on any atom is -0.314 e. The Morgan fingerprint density at radius 1 is 1.17 bits per heavy atom. The van der Waals surface area contributed by atoms with E-state index in [1.807, 2.05) is 6.92 Å². The lowest BCUT2D eigenvalue weighted by atomic mass is 10.1. The summed E-state index contributed by atoms with van der Waals surface area (Å²) in [6.07, 6.45) is 0.548. The molecule has 0 saturated carbocycles. The summed E-state index contributed by atoms with van der Waals surface area (Å²) in [5.41, 5.74) is 0.479. The van der Waals surface area contributed by atoms with Crippen LogP contribution in [0.15, 0.2) is 12.1 Å². The van der Waals surface area contributed by atoms with Gasteiger partial charge in [0, 0.05) is 6.42 Å². The topological polar surface area (TPSA) is 76.0 Å². The van der Waals surface area contributed by atoms with Crippen molar-refractivity contribution in [2.24, 2.45) is 0 Å². The molecule has 2 atom stereocenters. The molecule has 2 aliphatic heterocycles. The summed E-state index contributed by atoms with van der Waals surface area (Å²) in [6, 6.07) is 2.72. The highest BCUT2D eigenvalue weighted by molar-refractivity contribution is 7.91. The zero-order chi connectivity index (χ0) is 17.6. The number of benzene rings is 1. The number of nitrogens with one attached hydrogen (secondary N) is 1. The predicted molar refractivity (Wildman–Crippen MR) is 90.4 cm³/mol. The van der Waals surface area contributed by atoms with Gasteiger partial charge in [-0.15, -0.1) is 0 Å². The van der Waals surface area contributed by atoms with Gasteiger partial charge in [-0.3, -0.25) is 9.59 Å². The number of nitrogens with zero attached hydrogens (tertiary/aromatic N) is 1. The number of sulfone groups is 1. The van der Waals surface area contributed by atoms with E-state index in [1.165, 1.54) is 12.1 Å². The highest BCUT2D eigenvalue weighted by atomic mass is 35.5. The Balaban J connectivity index is 1.83. The van der Waals surface area contributed by atoms with Crippen LogP contribution in [-0.2, 0) is 9.84 Å². The smallest absolute Gasteiger partial charge is 0.266 e. The molecule has 0 aromatic heterocycles. The zero-order valence-electron chi connectivity index (χ0n) is 13.0. The van der Waals surface area contributed by atoms with Crippen molar-refractivity contribution < 1.29 is 22.9 Å². The van der Waals surface area contributed by atoms with E-state index in [0.29, 0.717) is 13.0 Å². The van der Waals surface area contributed by atoms with Gasteiger partial charge < -0.3 is 4.90 Å². The largest absolute Gasteiger partial charge is 0.314 e. The van der Waals surface area contributed by atoms with Crippen molar-refractivity contribution in [2.45, 2.75) is 19.4 Å². The highest BCUT2D eigenvalue weighted by Gasteiger charge is 2.41. The molecular formula is C15H17Cl2N2O4S+. The molecule has 1 aromatic rings. The molecule has 0 radical (unpaired) electrons. The van der Waals surface area contributed by atoms with Crippen LogP contribution < -0.4 is 4.90 Å². The van der Waals surface area contributed by atoms with Crippen molar-refractivity contribution in [3.8, 4) is 0 Å². The van der Waals surface area contributed by atoms with Crippen LogP contribution in [0.1, 0.15) is 34.1 Å². The minimum absolute atomic E-state index is 0.0942. The second kappa shape index (κ2) is 6.29. The maximum atomic E-state index is 12.5. The van der Waals surface area contributed by atoms with Crippen molar-refractivity contribution in [3.63, 3.8) is 0 Å². The van der Waals surface area contributed by atoms with Gasteiger partial charge in [0.15, 0.2) is 16.5 Å². The lowest BCUT2D eigenvalue weighted by Gasteiger charge is -2.27.